The van der Waals surface area contributed by atoms with Crippen LogP contribution in [0.1, 0.15) is 12.5 Å². The van der Waals surface area contributed by atoms with E-state index in [1.807, 2.05) is 24.8 Å². The predicted molar refractivity (Wildman–Crippen MR) is 65.3 cm³/mol. The number of anilines is 2. The average molecular weight is 222 g/mol. The van der Waals surface area contributed by atoms with Crippen molar-refractivity contribution >= 4 is 17.4 Å². The molecule has 3 N–H and O–H groups in total. The molecule has 1 amide bonds. The number of carbonyl (C=O) groups excluding carboxylic acids is 1. The predicted octanol–water partition coefficient (Wildman–Crippen LogP) is 0.545. The number of pyridine rings is 1. The fourth-order valence-electron chi connectivity index (χ4n) is 1.40. The molecule has 0 saturated carbocycles. The van der Waals surface area contributed by atoms with Gasteiger partial charge in [-0.15, -0.1) is 0 Å². The number of likely N-dealkylation sites (N-methyl/N-ethyl adjacent to an activating group) is 2. The molecular formula is C11H18N4O. The first-order valence-electron chi connectivity index (χ1n) is 5.26. The molecule has 0 aliphatic carbocycles. The zero-order chi connectivity index (χ0) is 12.1. The first kappa shape index (κ1) is 12.3. The van der Waals surface area contributed by atoms with Crippen molar-refractivity contribution in [2.75, 3.05) is 30.8 Å². The quantitative estimate of drug-likeness (QED) is 0.780. The summed E-state index contributed by atoms with van der Waals surface area (Å²) in [6.07, 6.45) is 1.70. The molecule has 5 nitrogen and oxygen atoms in total. The van der Waals surface area contributed by atoms with Gasteiger partial charge in [-0.1, -0.05) is 0 Å². The maximum absolute atomic E-state index is 11.3. The Balaban J connectivity index is 2.95. The van der Waals surface area contributed by atoms with E-state index in [0.717, 1.165) is 5.56 Å². The number of nitrogens with two attached hydrogens (primary N) is 1. The summed E-state index contributed by atoms with van der Waals surface area (Å²) in [4.78, 5) is 17.4. The second kappa shape index (κ2) is 5.34. The van der Waals surface area contributed by atoms with E-state index in [2.05, 4.69) is 10.3 Å². The Hall–Kier alpha value is -1.78. The van der Waals surface area contributed by atoms with Gasteiger partial charge in [0.2, 0.25) is 5.91 Å². The Labute approximate surface area is 95.7 Å². The second-order valence-electron chi connectivity index (χ2n) is 3.55. The molecule has 0 aromatic carbocycles. The highest BCUT2D eigenvalue weighted by Crippen LogP contribution is 2.22. The summed E-state index contributed by atoms with van der Waals surface area (Å²) in [6, 6.07) is 1.85. The van der Waals surface area contributed by atoms with Crippen molar-refractivity contribution in [1.29, 1.82) is 0 Å². The normalized spacial score (nSPS) is 9.94. The third-order valence-corrected chi connectivity index (χ3v) is 2.48. The van der Waals surface area contributed by atoms with E-state index in [0.29, 0.717) is 18.1 Å². The molecule has 1 aromatic heterocycles. The van der Waals surface area contributed by atoms with Crippen molar-refractivity contribution in [2.45, 2.75) is 13.8 Å². The Morgan fingerprint density at radius 1 is 1.62 bits per heavy atom. The number of hydrogen-bond donors (Lipinski definition) is 2. The Kier molecular flexibility index (Phi) is 4.10. The van der Waals surface area contributed by atoms with Crippen LogP contribution in [-0.2, 0) is 4.79 Å². The largest absolute Gasteiger partial charge is 0.396 e. The van der Waals surface area contributed by atoms with Gasteiger partial charge in [0.1, 0.15) is 0 Å². The van der Waals surface area contributed by atoms with Crippen molar-refractivity contribution < 1.29 is 4.79 Å². The lowest BCUT2D eigenvalue weighted by Crippen LogP contribution is -2.36. The monoisotopic (exact) mass is 222 g/mol. The van der Waals surface area contributed by atoms with Crippen LogP contribution in [0.25, 0.3) is 0 Å². The molecule has 5 heteroatoms. The van der Waals surface area contributed by atoms with Crippen LogP contribution in [0.4, 0.5) is 11.5 Å². The number of nitrogens with zero attached hydrogens (tertiary/aromatic N) is 2. The molecule has 0 fully saturated rings. The van der Waals surface area contributed by atoms with Crippen LogP contribution in [0.5, 0.6) is 0 Å². The molecular weight excluding hydrogens is 204 g/mol. The van der Waals surface area contributed by atoms with Crippen LogP contribution < -0.4 is 16.0 Å². The standard InChI is InChI=1S/C11H18N4O/c1-4-15(7-9(16)13-3)11-10(12)8(2)5-6-14-11/h5-6H,4,7,12H2,1-3H3,(H,13,16). The summed E-state index contributed by atoms with van der Waals surface area (Å²) in [5.74, 6) is 0.621. The van der Waals surface area contributed by atoms with E-state index in [1.54, 1.807) is 13.2 Å². The maximum Gasteiger partial charge on any atom is 0.239 e. The Morgan fingerprint density at radius 3 is 2.88 bits per heavy atom. The topological polar surface area (TPSA) is 71.2 Å². The lowest BCUT2D eigenvalue weighted by atomic mass is 10.2. The van der Waals surface area contributed by atoms with Crippen molar-refractivity contribution in [3.63, 3.8) is 0 Å². The summed E-state index contributed by atoms with van der Waals surface area (Å²) in [7, 11) is 1.61. The molecule has 0 saturated heterocycles. The fourth-order valence-corrected chi connectivity index (χ4v) is 1.40. The van der Waals surface area contributed by atoms with Gasteiger partial charge in [-0.05, 0) is 25.5 Å². The number of amides is 1. The molecule has 0 radical (unpaired) electrons. The summed E-state index contributed by atoms with van der Waals surface area (Å²) >= 11 is 0. The summed E-state index contributed by atoms with van der Waals surface area (Å²) in [5, 5.41) is 2.58. The van der Waals surface area contributed by atoms with Crippen LogP contribution in [0, 0.1) is 6.92 Å². The smallest absolute Gasteiger partial charge is 0.239 e. The van der Waals surface area contributed by atoms with Gasteiger partial charge in [0.15, 0.2) is 5.82 Å². The minimum absolute atomic E-state index is 0.0513. The minimum atomic E-state index is -0.0513. The van der Waals surface area contributed by atoms with Gasteiger partial charge in [-0.25, -0.2) is 4.98 Å². The van der Waals surface area contributed by atoms with Gasteiger partial charge in [0.05, 0.1) is 12.2 Å². The number of nitrogens with one attached hydrogen (secondary N) is 1. The molecule has 1 rings (SSSR count). The van der Waals surface area contributed by atoms with Crippen molar-refractivity contribution in [2.24, 2.45) is 0 Å². The van der Waals surface area contributed by atoms with Gasteiger partial charge in [-0.3, -0.25) is 4.79 Å². The SMILES string of the molecule is CCN(CC(=O)NC)c1nccc(C)c1N. The summed E-state index contributed by atoms with van der Waals surface area (Å²) in [5.41, 5.74) is 7.55. The molecule has 0 bridgehead atoms. The lowest BCUT2D eigenvalue weighted by molar-refractivity contribution is -0.119. The molecule has 1 heterocycles. The molecule has 0 spiro atoms. The number of aryl methyl sites for hydroxylation is 1. The summed E-state index contributed by atoms with van der Waals surface area (Å²) < 4.78 is 0. The number of aromatic nitrogens is 1. The minimum Gasteiger partial charge on any atom is -0.396 e. The molecule has 0 unspecified atom stereocenters. The molecule has 0 aliphatic heterocycles. The highest BCUT2D eigenvalue weighted by molar-refractivity contribution is 5.82. The number of rotatable bonds is 4. The van der Waals surface area contributed by atoms with Crippen molar-refractivity contribution in [3.05, 3.63) is 17.8 Å². The maximum atomic E-state index is 11.3. The summed E-state index contributed by atoms with van der Waals surface area (Å²) in [6.45, 7) is 4.85. The van der Waals surface area contributed by atoms with Gasteiger partial charge in [0, 0.05) is 19.8 Å². The highest BCUT2D eigenvalue weighted by Gasteiger charge is 2.13. The molecule has 0 atom stereocenters. The third-order valence-electron chi connectivity index (χ3n) is 2.48. The Morgan fingerprint density at radius 2 is 2.31 bits per heavy atom. The van der Waals surface area contributed by atoms with E-state index in [4.69, 9.17) is 5.73 Å². The van der Waals surface area contributed by atoms with E-state index < -0.39 is 0 Å². The van der Waals surface area contributed by atoms with Crippen LogP contribution >= 0.6 is 0 Å². The molecule has 0 aliphatic rings. The van der Waals surface area contributed by atoms with Gasteiger partial charge < -0.3 is 16.0 Å². The number of carbonyl (C=O) groups is 1. The average Bonchev–Trinajstić information content (AvgIpc) is 2.29. The lowest BCUT2D eigenvalue weighted by Gasteiger charge is -2.22. The van der Waals surface area contributed by atoms with E-state index in [-0.39, 0.29) is 12.5 Å². The fraction of sp³-hybridized carbons (Fsp3) is 0.455. The van der Waals surface area contributed by atoms with Crippen molar-refractivity contribution in [1.82, 2.24) is 10.3 Å². The first-order chi connectivity index (χ1) is 7.60. The zero-order valence-corrected chi connectivity index (χ0v) is 9.95. The van der Waals surface area contributed by atoms with E-state index in [1.165, 1.54) is 0 Å². The Bertz CT molecular complexity index is 378. The molecule has 16 heavy (non-hydrogen) atoms. The third kappa shape index (κ3) is 2.62. The van der Waals surface area contributed by atoms with Crippen LogP contribution in [0.2, 0.25) is 0 Å². The van der Waals surface area contributed by atoms with Crippen LogP contribution in [0.3, 0.4) is 0 Å². The van der Waals surface area contributed by atoms with E-state index >= 15 is 0 Å². The molecule has 1 aromatic rings. The van der Waals surface area contributed by atoms with Gasteiger partial charge >= 0.3 is 0 Å². The van der Waals surface area contributed by atoms with E-state index in [9.17, 15) is 4.79 Å². The number of hydrogen-bond acceptors (Lipinski definition) is 4. The van der Waals surface area contributed by atoms with Crippen molar-refractivity contribution in [3.8, 4) is 0 Å². The van der Waals surface area contributed by atoms with Gasteiger partial charge in [0.25, 0.3) is 0 Å². The van der Waals surface area contributed by atoms with Gasteiger partial charge in [-0.2, -0.15) is 0 Å². The number of nitrogen functional groups attached to an aromatic ring is 1. The first-order valence-corrected chi connectivity index (χ1v) is 5.26. The van der Waals surface area contributed by atoms with Crippen LogP contribution in [-0.4, -0.2) is 31.0 Å². The second-order valence-corrected chi connectivity index (χ2v) is 3.55. The highest BCUT2D eigenvalue weighted by atomic mass is 16.1. The zero-order valence-electron chi connectivity index (χ0n) is 9.95. The molecule has 88 valence electrons. The van der Waals surface area contributed by atoms with Crippen LogP contribution in [0.15, 0.2) is 12.3 Å².